The van der Waals surface area contributed by atoms with Crippen molar-refractivity contribution >= 4 is 17.1 Å². The fourth-order valence-corrected chi connectivity index (χ4v) is 2.55. The second-order valence-electron chi connectivity index (χ2n) is 5.13. The van der Waals surface area contributed by atoms with Gasteiger partial charge in [-0.2, -0.15) is 4.98 Å². The minimum absolute atomic E-state index is 0.185. The number of rotatable bonds is 3. The lowest BCUT2D eigenvalue weighted by Crippen LogP contribution is -2.04. The number of fused-ring (bicyclic) bond motifs is 1. The molecule has 1 heterocycles. The molecular formula is C16H13FN2O. The lowest BCUT2D eigenvalue weighted by atomic mass is 10.1. The van der Waals surface area contributed by atoms with Crippen LogP contribution in [0.15, 0.2) is 52.9 Å². The zero-order chi connectivity index (χ0) is 13.5. The minimum Gasteiger partial charge on any atom is -0.424 e. The lowest BCUT2D eigenvalue weighted by Gasteiger charge is -2.01. The van der Waals surface area contributed by atoms with E-state index in [1.54, 1.807) is 12.1 Å². The lowest BCUT2D eigenvalue weighted by molar-refractivity contribution is 0.613. The summed E-state index contributed by atoms with van der Waals surface area (Å²) >= 11 is 0. The maximum Gasteiger partial charge on any atom is 0.295 e. The highest BCUT2D eigenvalue weighted by Gasteiger charge is 2.39. The van der Waals surface area contributed by atoms with E-state index >= 15 is 0 Å². The molecule has 0 bridgehead atoms. The van der Waals surface area contributed by atoms with Gasteiger partial charge < -0.3 is 9.73 Å². The molecule has 4 heteroatoms. The molecule has 0 aliphatic heterocycles. The van der Waals surface area contributed by atoms with Gasteiger partial charge in [0.05, 0.1) is 0 Å². The summed E-state index contributed by atoms with van der Waals surface area (Å²) in [7, 11) is 0. The second kappa shape index (κ2) is 4.34. The molecule has 1 saturated carbocycles. The molecule has 3 aromatic rings. The highest BCUT2D eigenvalue weighted by Crippen LogP contribution is 2.43. The van der Waals surface area contributed by atoms with Crippen molar-refractivity contribution in [3.05, 3.63) is 59.9 Å². The number of hydrogen-bond acceptors (Lipinski definition) is 3. The summed E-state index contributed by atoms with van der Waals surface area (Å²) in [6.45, 7) is 0. The molecular weight excluding hydrogens is 255 g/mol. The molecule has 3 nitrogen and oxygen atoms in total. The van der Waals surface area contributed by atoms with Crippen molar-refractivity contribution < 1.29 is 8.81 Å². The zero-order valence-electron chi connectivity index (χ0n) is 10.7. The minimum atomic E-state index is -0.185. The third kappa shape index (κ3) is 2.03. The Hall–Kier alpha value is -2.36. The average Bonchev–Trinajstić information content (AvgIpc) is 3.08. The molecule has 2 aromatic carbocycles. The molecule has 20 heavy (non-hydrogen) atoms. The number of nitrogens with one attached hydrogen (secondary N) is 1. The van der Waals surface area contributed by atoms with Crippen molar-refractivity contribution in [2.45, 2.75) is 18.4 Å². The smallest absolute Gasteiger partial charge is 0.295 e. The van der Waals surface area contributed by atoms with Gasteiger partial charge >= 0.3 is 0 Å². The van der Waals surface area contributed by atoms with E-state index in [4.69, 9.17) is 4.42 Å². The third-order valence-electron chi connectivity index (χ3n) is 3.67. The zero-order valence-corrected chi connectivity index (χ0v) is 10.7. The molecule has 4 rings (SSSR count). The van der Waals surface area contributed by atoms with Crippen molar-refractivity contribution in [2.75, 3.05) is 5.32 Å². The number of hydrogen-bond donors (Lipinski definition) is 1. The van der Waals surface area contributed by atoms with Crippen molar-refractivity contribution in [3.63, 3.8) is 0 Å². The molecule has 100 valence electrons. The first kappa shape index (κ1) is 11.5. The van der Waals surface area contributed by atoms with Gasteiger partial charge in [-0.05, 0) is 36.2 Å². The topological polar surface area (TPSA) is 38.1 Å². The molecule has 0 saturated heterocycles. The summed E-state index contributed by atoms with van der Waals surface area (Å²) in [5, 5.41) is 3.27. The first-order valence-electron chi connectivity index (χ1n) is 6.67. The quantitative estimate of drug-likeness (QED) is 0.782. The molecule has 0 spiro atoms. The molecule has 0 amide bonds. The van der Waals surface area contributed by atoms with Gasteiger partial charge in [-0.25, -0.2) is 4.39 Å². The summed E-state index contributed by atoms with van der Waals surface area (Å²) in [5.41, 5.74) is 2.65. The number of oxazole rings is 1. The maximum absolute atomic E-state index is 13.2. The highest BCUT2D eigenvalue weighted by molar-refractivity contribution is 5.74. The molecule has 1 aliphatic carbocycles. The standard InChI is InChI=1S/C16H13FN2O/c17-11-5-3-4-10(8-11)12-9-14(12)19-16-18-13-6-1-2-7-15(13)20-16/h1-8,12,14H,9H2,(H,18,19)/t12-,14+/m0/s1. The molecule has 1 aromatic heterocycles. The molecule has 1 aliphatic rings. The van der Waals surface area contributed by atoms with Crippen LogP contribution in [0.25, 0.3) is 11.1 Å². The normalized spacial score (nSPS) is 21.1. The van der Waals surface area contributed by atoms with Crippen molar-refractivity contribution in [1.82, 2.24) is 4.98 Å². The number of aromatic nitrogens is 1. The van der Waals surface area contributed by atoms with Gasteiger partial charge in [0.25, 0.3) is 6.01 Å². The Labute approximate surface area is 115 Å². The van der Waals surface area contributed by atoms with Crippen LogP contribution in [0, 0.1) is 5.82 Å². The Balaban J connectivity index is 1.51. The number of nitrogens with zero attached hydrogens (tertiary/aromatic N) is 1. The van der Waals surface area contributed by atoms with Gasteiger partial charge in [0, 0.05) is 12.0 Å². The predicted molar refractivity (Wildman–Crippen MR) is 75.2 cm³/mol. The number of benzene rings is 2. The molecule has 1 fully saturated rings. The maximum atomic E-state index is 13.2. The summed E-state index contributed by atoms with van der Waals surface area (Å²) < 4.78 is 18.8. The second-order valence-corrected chi connectivity index (χ2v) is 5.13. The van der Waals surface area contributed by atoms with Gasteiger partial charge in [0.1, 0.15) is 11.3 Å². The van der Waals surface area contributed by atoms with E-state index in [9.17, 15) is 4.39 Å². The van der Waals surface area contributed by atoms with Crippen LogP contribution in [0.3, 0.4) is 0 Å². The van der Waals surface area contributed by atoms with Gasteiger partial charge in [0.15, 0.2) is 5.58 Å². The van der Waals surface area contributed by atoms with Gasteiger partial charge in [0.2, 0.25) is 0 Å². The van der Waals surface area contributed by atoms with E-state index in [1.165, 1.54) is 6.07 Å². The van der Waals surface area contributed by atoms with Crippen LogP contribution in [0.4, 0.5) is 10.4 Å². The van der Waals surface area contributed by atoms with Crippen LogP contribution in [0.2, 0.25) is 0 Å². The molecule has 0 radical (unpaired) electrons. The van der Waals surface area contributed by atoms with Gasteiger partial charge in [-0.3, -0.25) is 0 Å². The largest absolute Gasteiger partial charge is 0.424 e. The van der Waals surface area contributed by atoms with Gasteiger partial charge in [-0.1, -0.05) is 24.3 Å². The van der Waals surface area contributed by atoms with E-state index < -0.39 is 0 Å². The number of para-hydroxylation sites is 2. The van der Waals surface area contributed by atoms with E-state index in [2.05, 4.69) is 10.3 Å². The number of halogens is 1. The summed E-state index contributed by atoms with van der Waals surface area (Å²) in [6, 6.07) is 15.2. The van der Waals surface area contributed by atoms with Crippen molar-refractivity contribution in [1.29, 1.82) is 0 Å². The Kier molecular flexibility index (Phi) is 2.49. The molecule has 1 N–H and O–H groups in total. The first-order chi connectivity index (χ1) is 9.79. The average molecular weight is 268 g/mol. The molecule has 2 atom stereocenters. The Morgan fingerprint density at radius 3 is 2.90 bits per heavy atom. The fourth-order valence-electron chi connectivity index (χ4n) is 2.55. The summed E-state index contributed by atoms with van der Waals surface area (Å²) in [5.74, 6) is 0.149. The Morgan fingerprint density at radius 1 is 1.15 bits per heavy atom. The third-order valence-corrected chi connectivity index (χ3v) is 3.67. The van der Waals surface area contributed by atoms with Crippen LogP contribution in [-0.2, 0) is 0 Å². The van der Waals surface area contributed by atoms with Crippen LogP contribution < -0.4 is 5.32 Å². The Bertz CT molecular complexity index is 735. The summed E-state index contributed by atoms with van der Waals surface area (Å²) in [4.78, 5) is 4.39. The van der Waals surface area contributed by atoms with Crippen molar-refractivity contribution in [2.24, 2.45) is 0 Å². The highest BCUT2D eigenvalue weighted by atomic mass is 19.1. The monoisotopic (exact) mass is 268 g/mol. The van der Waals surface area contributed by atoms with E-state index in [0.717, 1.165) is 23.1 Å². The van der Waals surface area contributed by atoms with Crippen LogP contribution in [0.5, 0.6) is 0 Å². The Morgan fingerprint density at radius 2 is 2.05 bits per heavy atom. The van der Waals surface area contributed by atoms with E-state index in [1.807, 2.05) is 30.3 Å². The van der Waals surface area contributed by atoms with Crippen LogP contribution >= 0.6 is 0 Å². The SMILES string of the molecule is Fc1cccc([C@@H]2C[C@H]2Nc2nc3ccccc3o2)c1. The number of anilines is 1. The van der Waals surface area contributed by atoms with Crippen LogP contribution in [-0.4, -0.2) is 11.0 Å². The van der Waals surface area contributed by atoms with Crippen molar-refractivity contribution in [3.8, 4) is 0 Å². The van der Waals surface area contributed by atoms with E-state index in [-0.39, 0.29) is 11.9 Å². The summed E-state index contributed by atoms with van der Waals surface area (Å²) in [6.07, 6.45) is 0.974. The van der Waals surface area contributed by atoms with Gasteiger partial charge in [-0.15, -0.1) is 0 Å². The fraction of sp³-hybridized carbons (Fsp3) is 0.188. The first-order valence-corrected chi connectivity index (χ1v) is 6.67. The predicted octanol–water partition coefficient (Wildman–Crippen LogP) is 3.93. The van der Waals surface area contributed by atoms with E-state index in [0.29, 0.717) is 11.9 Å². The molecule has 0 unspecified atom stereocenters. The van der Waals surface area contributed by atoms with Crippen LogP contribution in [0.1, 0.15) is 17.9 Å².